The molecule has 1 aliphatic carbocycles. The van der Waals surface area contributed by atoms with E-state index < -0.39 is 23.8 Å². The summed E-state index contributed by atoms with van der Waals surface area (Å²) in [4.78, 5) is 13.4. The van der Waals surface area contributed by atoms with Crippen LogP contribution in [0.2, 0.25) is 0 Å². The molecule has 174 valence electrons. The minimum Gasteiger partial charge on any atom is -0.390 e. The Balaban J connectivity index is 1.61. The minimum absolute atomic E-state index is 0.108. The molecule has 2 N–H and O–H groups in total. The fraction of sp³-hybridized carbons (Fsp3) is 0.259. The lowest BCUT2D eigenvalue weighted by Crippen LogP contribution is -2.34. The first-order chi connectivity index (χ1) is 16.3. The van der Waals surface area contributed by atoms with Gasteiger partial charge in [0.1, 0.15) is 11.6 Å². The SMILES string of the molecule is Cc1nn2c(C(C)C)c(C(=O)N[C@H]3c4ccccc4C[C@H]3O)ccc2c1-c1c(F)cccc1F. The maximum atomic E-state index is 14.6. The Labute approximate surface area is 196 Å². The average Bonchev–Trinajstić information content (AvgIpc) is 3.28. The van der Waals surface area contributed by atoms with Crippen LogP contribution in [0.25, 0.3) is 16.6 Å². The van der Waals surface area contributed by atoms with E-state index in [9.17, 15) is 18.7 Å². The van der Waals surface area contributed by atoms with Crippen molar-refractivity contribution in [1.82, 2.24) is 14.9 Å². The molecule has 7 heteroatoms. The lowest BCUT2D eigenvalue weighted by Gasteiger charge is -2.20. The summed E-state index contributed by atoms with van der Waals surface area (Å²) in [5, 5.41) is 18.1. The summed E-state index contributed by atoms with van der Waals surface area (Å²) in [6, 6.07) is 14.2. The molecular formula is C27H25F2N3O2. The van der Waals surface area contributed by atoms with Crippen LogP contribution < -0.4 is 5.32 Å². The number of rotatable bonds is 4. The quantitative estimate of drug-likeness (QED) is 0.444. The predicted octanol–water partition coefficient (Wildman–Crippen LogP) is 5.10. The molecular weight excluding hydrogens is 436 g/mol. The van der Waals surface area contributed by atoms with Crippen molar-refractivity contribution in [2.75, 3.05) is 0 Å². The molecule has 1 aliphatic rings. The molecule has 0 unspecified atom stereocenters. The van der Waals surface area contributed by atoms with Gasteiger partial charge in [-0.15, -0.1) is 0 Å². The Hall–Kier alpha value is -3.58. The number of nitrogens with one attached hydrogen (secondary N) is 1. The number of hydrogen-bond acceptors (Lipinski definition) is 3. The number of benzene rings is 2. The predicted molar refractivity (Wildman–Crippen MR) is 126 cm³/mol. The third-order valence-corrected chi connectivity index (χ3v) is 6.50. The maximum Gasteiger partial charge on any atom is 0.253 e. The highest BCUT2D eigenvalue weighted by atomic mass is 19.1. The Morgan fingerprint density at radius 3 is 2.47 bits per heavy atom. The fourth-order valence-electron chi connectivity index (χ4n) is 5.00. The van der Waals surface area contributed by atoms with Gasteiger partial charge in [-0.05, 0) is 48.2 Å². The first-order valence-electron chi connectivity index (χ1n) is 11.3. The monoisotopic (exact) mass is 461 g/mol. The highest BCUT2D eigenvalue weighted by Gasteiger charge is 2.33. The molecule has 5 rings (SSSR count). The number of aliphatic hydroxyl groups excluding tert-OH is 1. The standard InChI is InChI=1S/C27H25F2N3O2/c1-14(2)26-18(27(34)30-25-17-8-5-4-7-16(17)13-22(25)33)11-12-21-23(15(3)31-32(21)26)24-19(28)9-6-10-20(24)29/h4-12,14,22,25,33H,13H2,1-3H3,(H,30,34)/t22-,25+/m1/s1. The number of fused-ring (bicyclic) bond motifs is 2. The Morgan fingerprint density at radius 2 is 1.76 bits per heavy atom. The number of carbonyl (C=O) groups excluding carboxylic acids is 1. The van der Waals surface area contributed by atoms with Crippen molar-refractivity contribution in [3.8, 4) is 11.1 Å². The molecule has 0 fully saturated rings. The van der Waals surface area contributed by atoms with E-state index in [0.717, 1.165) is 11.1 Å². The van der Waals surface area contributed by atoms with E-state index in [1.54, 1.807) is 23.6 Å². The summed E-state index contributed by atoms with van der Waals surface area (Å²) in [5.74, 6) is -1.78. The third kappa shape index (κ3) is 3.47. The van der Waals surface area contributed by atoms with Crippen LogP contribution in [-0.2, 0) is 6.42 Å². The zero-order valence-electron chi connectivity index (χ0n) is 19.1. The van der Waals surface area contributed by atoms with Crippen molar-refractivity contribution in [3.05, 3.63) is 94.3 Å². The van der Waals surface area contributed by atoms with Gasteiger partial charge in [-0.1, -0.05) is 44.2 Å². The number of aryl methyl sites for hydroxylation is 1. The number of aromatic nitrogens is 2. The first kappa shape index (κ1) is 22.2. The molecule has 5 nitrogen and oxygen atoms in total. The summed E-state index contributed by atoms with van der Waals surface area (Å²) in [6.07, 6.45) is -0.234. The maximum absolute atomic E-state index is 14.6. The number of pyridine rings is 1. The van der Waals surface area contributed by atoms with Crippen molar-refractivity contribution >= 4 is 11.4 Å². The topological polar surface area (TPSA) is 66.6 Å². The molecule has 0 saturated carbocycles. The summed E-state index contributed by atoms with van der Waals surface area (Å²) < 4.78 is 30.8. The van der Waals surface area contributed by atoms with Crippen molar-refractivity contribution in [3.63, 3.8) is 0 Å². The van der Waals surface area contributed by atoms with Crippen LogP contribution in [-0.4, -0.2) is 26.7 Å². The van der Waals surface area contributed by atoms with Gasteiger partial charge in [0.2, 0.25) is 0 Å². The second-order valence-electron chi connectivity index (χ2n) is 9.06. The van der Waals surface area contributed by atoms with Crippen LogP contribution in [0.1, 0.15) is 58.7 Å². The van der Waals surface area contributed by atoms with Crippen molar-refractivity contribution in [2.24, 2.45) is 0 Å². The Kier molecular flexibility index (Phi) is 5.44. The molecule has 0 aliphatic heterocycles. The second-order valence-corrected chi connectivity index (χ2v) is 9.06. The van der Waals surface area contributed by atoms with Gasteiger partial charge < -0.3 is 10.4 Å². The van der Waals surface area contributed by atoms with Crippen LogP contribution >= 0.6 is 0 Å². The second kappa shape index (κ2) is 8.33. The Morgan fingerprint density at radius 1 is 1.06 bits per heavy atom. The molecule has 34 heavy (non-hydrogen) atoms. The van der Waals surface area contributed by atoms with E-state index in [0.29, 0.717) is 34.5 Å². The van der Waals surface area contributed by atoms with Gasteiger partial charge in [-0.3, -0.25) is 4.79 Å². The molecule has 4 aromatic rings. The lowest BCUT2D eigenvalue weighted by molar-refractivity contribution is 0.0856. The third-order valence-electron chi connectivity index (χ3n) is 6.50. The molecule has 0 radical (unpaired) electrons. The van der Waals surface area contributed by atoms with Gasteiger partial charge in [0, 0.05) is 12.0 Å². The summed E-state index contributed by atoms with van der Waals surface area (Å²) >= 11 is 0. The van der Waals surface area contributed by atoms with Gasteiger partial charge in [0.05, 0.1) is 40.2 Å². The average molecular weight is 462 g/mol. The van der Waals surface area contributed by atoms with Crippen LogP contribution in [0.15, 0.2) is 54.6 Å². The highest BCUT2D eigenvalue weighted by Crippen LogP contribution is 2.36. The van der Waals surface area contributed by atoms with Crippen LogP contribution in [0.3, 0.4) is 0 Å². The summed E-state index contributed by atoms with van der Waals surface area (Å²) in [7, 11) is 0. The van der Waals surface area contributed by atoms with E-state index in [-0.39, 0.29) is 17.4 Å². The van der Waals surface area contributed by atoms with Crippen molar-refractivity contribution in [2.45, 2.75) is 45.3 Å². The Bertz CT molecular complexity index is 1410. The van der Waals surface area contributed by atoms with Crippen LogP contribution in [0.5, 0.6) is 0 Å². The van der Waals surface area contributed by atoms with Crippen LogP contribution in [0, 0.1) is 18.6 Å². The lowest BCUT2D eigenvalue weighted by atomic mass is 9.99. The smallest absolute Gasteiger partial charge is 0.253 e. The number of nitrogens with zero attached hydrogens (tertiary/aromatic N) is 2. The van der Waals surface area contributed by atoms with E-state index in [4.69, 9.17) is 0 Å². The number of hydrogen-bond donors (Lipinski definition) is 2. The minimum atomic E-state index is -0.713. The number of aliphatic hydroxyl groups is 1. The zero-order valence-corrected chi connectivity index (χ0v) is 19.1. The first-order valence-corrected chi connectivity index (χ1v) is 11.3. The summed E-state index contributed by atoms with van der Waals surface area (Å²) in [6.45, 7) is 5.57. The molecule has 2 heterocycles. The molecule has 2 atom stereocenters. The van der Waals surface area contributed by atoms with Gasteiger partial charge in [0.25, 0.3) is 5.91 Å². The van der Waals surface area contributed by atoms with Crippen molar-refractivity contribution < 1.29 is 18.7 Å². The largest absolute Gasteiger partial charge is 0.390 e. The van der Waals surface area contributed by atoms with E-state index in [1.807, 2.05) is 38.1 Å². The fourth-order valence-corrected chi connectivity index (χ4v) is 5.00. The number of halogens is 2. The molecule has 2 aromatic carbocycles. The number of carbonyl (C=O) groups is 1. The molecule has 2 aromatic heterocycles. The van der Waals surface area contributed by atoms with Gasteiger partial charge in [-0.25, -0.2) is 13.3 Å². The van der Waals surface area contributed by atoms with E-state index >= 15 is 0 Å². The normalized spacial score (nSPS) is 17.4. The summed E-state index contributed by atoms with van der Waals surface area (Å²) in [5.41, 5.74) is 4.17. The highest BCUT2D eigenvalue weighted by molar-refractivity contribution is 5.97. The van der Waals surface area contributed by atoms with Gasteiger partial charge in [-0.2, -0.15) is 5.10 Å². The van der Waals surface area contributed by atoms with E-state index in [2.05, 4.69) is 10.4 Å². The molecule has 0 spiro atoms. The van der Waals surface area contributed by atoms with Gasteiger partial charge >= 0.3 is 0 Å². The van der Waals surface area contributed by atoms with Crippen molar-refractivity contribution in [1.29, 1.82) is 0 Å². The van der Waals surface area contributed by atoms with Crippen LogP contribution in [0.4, 0.5) is 8.78 Å². The molecule has 0 bridgehead atoms. The molecule has 1 amide bonds. The zero-order chi connectivity index (χ0) is 24.1. The molecule has 0 saturated heterocycles. The number of amides is 1. The van der Waals surface area contributed by atoms with Gasteiger partial charge in [0.15, 0.2) is 0 Å². The van der Waals surface area contributed by atoms with E-state index in [1.165, 1.54) is 18.2 Å².